The number of fused-ring (bicyclic) bond motifs is 2. The van der Waals surface area contributed by atoms with Crippen LogP contribution in [0.2, 0.25) is 0 Å². The van der Waals surface area contributed by atoms with Crippen molar-refractivity contribution in [2.24, 2.45) is 0 Å². The molecule has 1 aromatic carbocycles. The second kappa shape index (κ2) is 11.7. The highest BCUT2D eigenvalue weighted by molar-refractivity contribution is 7.19. The van der Waals surface area contributed by atoms with Gasteiger partial charge in [-0.1, -0.05) is 0 Å². The Morgan fingerprint density at radius 3 is 2.58 bits per heavy atom. The normalized spacial score (nSPS) is 22.1. The third-order valence-corrected chi connectivity index (χ3v) is 10.3. The molecule has 1 saturated carbocycles. The van der Waals surface area contributed by atoms with Crippen LogP contribution in [-0.2, 0) is 22.6 Å². The number of carbonyl (C=O) groups excluding carboxylic acids is 2. The average molecular weight is 637 g/mol. The fourth-order valence-electron chi connectivity index (χ4n) is 7.04. The third-order valence-electron chi connectivity index (χ3n) is 9.11. The van der Waals surface area contributed by atoms with Crippen LogP contribution in [-0.4, -0.2) is 81.5 Å². The number of hydrogen-bond donors (Lipinski definition) is 2. The average Bonchev–Trinajstić information content (AvgIpc) is 3.65. The number of nitrogens with zero attached hydrogens (tertiary/aromatic N) is 5. The van der Waals surface area contributed by atoms with Gasteiger partial charge in [0.25, 0.3) is 18.3 Å². The van der Waals surface area contributed by atoms with Gasteiger partial charge < -0.3 is 20.2 Å². The highest BCUT2D eigenvalue weighted by atomic mass is 32.1. The summed E-state index contributed by atoms with van der Waals surface area (Å²) >= 11 is 1.48. The van der Waals surface area contributed by atoms with E-state index >= 15 is 0 Å². The number of carboxylic acid groups (broad SMARTS) is 1. The van der Waals surface area contributed by atoms with Crippen LogP contribution in [0.25, 0.3) is 21.3 Å². The smallest absolute Gasteiger partial charge is 0.327 e. The number of halogens is 2. The number of benzene rings is 1. The zero-order valence-corrected chi connectivity index (χ0v) is 25.9. The van der Waals surface area contributed by atoms with Crippen molar-refractivity contribution in [3.05, 3.63) is 46.5 Å². The summed E-state index contributed by atoms with van der Waals surface area (Å²) in [7, 11) is 0. The summed E-state index contributed by atoms with van der Waals surface area (Å²) in [6.45, 7) is 5.96. The molecule has 2 N–H and O–H groups in total. The van der Waals surface area contributed by atoms with Crippen LogP contribution >= 0.6 is 11.3 Å². The number of urea groups is 1. The van der Waals surface area contributed by atoms with Gasteiger partial charge in [-0.3, -0.25) is 19.5 Å². The van der Waals surface area contributed by atoms with Crippen molar-refractivity contribution in [2.75, 3.05) is 24.5 Å². The molecule has 4 aliphatic rings. The fraction of sp³-hybridized carbons (Fsp3) is 0.469. The van der Waals surface area contributed by atoms with Crippen molar-refractivity contribution >= 4 is 45.7 Å². The molecule has 0 unspecified atom stereocenters. The van der Waals surface area contributed by atoms with E-state index in [0.717, 1.165) is 63.5 Å². The number of thiophene rings is 1. The molecule has 2 aromatic heterocycles. The predicted octanol–water partition coefficient (Wildman–Crippen LogP) is 4.99. The molecule has 45 heavy (non-hydrogen) atoms. The summed E-state index contributed by atoms with van der Waals surface area (Å²) in [4.78, 5) is 44.5. The van der Waals surface area contributed by atoms with Crippen LogP contribution in [0.5, 0.6) is 0 Å². The number of carbonyl (C=O) groups is 3. The van der Waals surface area contributed by atoms with Crippen LogP contribution in [0.3, 0.4) is 0 Å². The highest BCUT2D eigenvalue weighted by Crippen LogP contribution is 2.45. The molecular formula is C32H34F2N6O4S. The zero-order chi connectivity index (χ0) is 32.1. The minimum Gasteiger partial charge on any atom is -0.483 e. The van der Waals surface area contributed by atoms with E-state index in [9.17, 15) is 23.6 Å². The molecule has 3 aromatic rings. The number of imide groups is 1. The van der Waals surface area contributed by atoms with Gasteiger partial charge in [0.1, 0.15) is 6.54 Å². The quantitative estimate of drug-likeness (QED) is 0.296. The lowest BCUT2D eigenvalue weighted by Gasteiger charge is -2.39. The molecule has 10 nitrogen and oxygen atoms in total. The topological polar surface area (TPSA) is 130 Å². The van der Waals surface area contributed by atoms with Crippen molar-refractivity contribution in [2.45, 2.75) is 76.0 Å². The molecule has 13 heteroatoms. The SMILES string of the molecule is CC1(C)C[C@H](N2CCCc3cc(C#N)cc(-c4ccnc5cc(CN6C(=O)CN(C7CC(F)(F)C7)C6=O)sc45)c32)CN1.O=CO. The number of alkyl halides is 2. The van der Waals surface area contributed by atoms with Crippen LogP contribution in [0.15, 0.2) is 30.5 Å². The molecule has 3 fully saturated rings. The first-order valence-corrected chi connectivity index (χ1v) is 15.8. The number of pyridine rings is 1. The van der Waals surface area contributed by atoms with Crippen molar-refractivity contribution in [3.8, 4) is 17.2 Å². The van der Waals surface area contributed by atoms with E-state index < -0.39 is 30.8 Å². The maximum Gasteiger partial charge on any atom is 0.327 e. The molecule has 0 spiro atoms. The molecule has 3 aliphatic heterocycles. The van der Waals surface area contributed by atoms with Gasteiger partial charge in [0.2, 0.25) is 0 Å². The van der Waals surface area contributed by atoms with E-state index in [2.05, 4.69) is 35.1 Å². The second-order valence-corrected chi connectivity index (χ2v) is 13.9. The Morgan fingerprint density at radius 2 is 1.91 bits per heavy atom. The minimum absolute atomic E-state index is 0.0567. The van der Waals surface area contributed by atoms with Gasteiger partial charge in [-0.25, -0.2) is 13.6 Å². The highest BCUT2D eigenvalue weighted by Gasteiger charge is 2.52. The van der Waals surface area contributed by atoms with Crippen LogP contribution in [0, 0.1) is 11.3 Å². The Balaban J connectivity index is 0.00000115. The fourth-order valence-corrected chi connectivity index (χ4v) is 8.17. The van der Waals surface area contributed by atoms with E-state index in [1.165, 1.54) is 27.5 Å². The zero-order valence-electron chi connectivity index (χ0n) is 25.1. The van der Waals surface area contributed by atoms with E-state index in [1.54, 1.807) is 6.20 Å². The van der Waals surface area contributed by atoms with Gasteiger partial charge in [-0.2, -0.15) is 5.26 Å². The number of amides is 3. The van der Waals surface area contributed by atoms with Gasteiger partial charge in [-0.15, -0.1) is 11.3 Å². The monoisotopic (exact) mass is 636 g/mol. The van der Waals surface area contributed by atoms with Crippen molar-refractivity contribution < 1.29 is 28.3 Å². The number of hydrogen-bond acceptors (Lipinski definition) is 8. The third kappa shape index (κ3) is 5.84. The minimum atomic E-state index is -2.77. The Bertz CT molecular complexity index is 1710. The Morgan fingerprint density at radius 1 is 1.16 bits per heavy atom. The first-order chi connectivity index (χ1) is 21.4. The number of nitriles is 1. The standard InChI is InChI=1S/C31H32F2N6O2S.CH2O2/c1-30(2)11-21(15-36-30)37-7-3-4-19-8-18(14-34)9-24(27(19)37)23-5-6-35-25-10-22(42-28(23)25)16-39-26(40)17-38(29(39)41)20-12-31(32,33)13-20;2-1-3/h5-6,8-10,20-21,36H,3-4,7,11-13,15-17H2,1-2H3;1H,(H,2,3)/t21-;/m0./s1. The van der Waals surface area contributed by atoms with E-state index in [-0.39, 0.29) is 31.0 Å². The van der Waals surface area contributed by atoms with E-state index in [4.69, 9.17) is 9.90 Å². The van der Waals surface area contributed by atoms with Gasteiger partial charge in [0.05, 0.1) is 28.4 Å². The summed E-state index contributed by atoms with van der Waals surface area (Å²) in [5.41, 5.74) is 5.75. The number of anilines is 1. The van der Waals surface area contributed by atoms with Gasteiger partial charge in [0, 0.05) is 71.4 Å². The molecule has 0 radical (unpaired) electrons. The predicted molar refractivity (Wildman–Crippen MR) is 165 cm³/mol. The lowest BCUT2D eigenvalue weighted by atomic mass is 9.87. The number of aromatic nitrogens is 1. The molecule has 1 aliphatic carbocycles. The number of rotatable bonds is 5. The molecule has 3 amide bonds. The van der Waals surface area contributed by atoms with Crippen molar-refractivity contribution in [1.29, 1.82) is 5.26 Å². The Hall–Kier alpha value is -4.15. The van der Waals surface area contributed by atoms with Crippen LogP contribution < -0.4 is 10.2 Å². The van der Waals surface area contributed by atoms with Gasteiger partial charge >= 0.3 is 6.03 Å². The molecular weight excluding hydrogens is 602 g/mol. The number of aryl methyl sites for hydroxylation is 1. The lowest BCUT2D eigenvalue weighted by molar-refractivity contribution is -0.128. The molecule has 236 valence electrons. The largest absolute Gasteiger partial charge is 0.483 e. The van der Waals surface area contributed by atoms with Gasteiger partial charge in [0.15, 0.2) is 0 Å². The second-order valence-electron chi connectivity index (χ2n) is 12.8. The van der Waals surface area contributed by atoms with Crippen molar-refractivity contribution in [1.82, 2.24) is 20.1 Å². The molecule has 5 heterocycles. The summed E-state index contributed by atoms with van der Waals surface area (Å²) in [6, 6.07) is 9.45. The molecule has 1 atom stereocenters. The molecule has 0 bridgehead atoms. The summed E-state index contributed by atoms with van der Waals surface area (Å²) in [5, 5.41) is 20.4. The summed E-state index contributed by atoms with van der Waals surface area (Å²) in [6.07, 6.45) is 3.93. The van der Waals surface area contributed by atoms with E-state index in [1.807, 2.05) is 24.3 Å². The maximum absolute atomic E-state index is 13.4. The van der Waals surface area contributed by atoms with Gasteiger partial charge in [-0.05, 0) is 62.9 Å². The summed E-state index contributed by atoms with van der Waals surface area (Å²) < 4.78 is 27.8. The first kappa shape index (κ1) is 30.9. The Kier molecular flexibility index (Phi) is 7.99. The summed E-state index contributed by atoms with van der Waals surface area (Å²) in [5.74, 6) is -3.14. The van der Waals surface area contributed by atoms with Crippen LogP contribution in [0.1, 0.15) is 55.5 Å². The maximum atomic E-state index is 13.4. The van der Waals surface area contributed by atoms with Crippen molar-refractivity contribution in [3.63, 3.8) is 0 Å². The lowest BCUT2D eigenvalue weighted by Crippen LogP contribution is -2.52. The molecule has 2 saturated heterocycles. The van der Waals surface area contributed by atoms with E-state index in [0.29, 0.717) is 11.6 Å². The Labute approximate surface area is 263 Å². The van der Waals surface area contributed by atoms with Crippen LogP contribution in [0.4, 0.5) is 19.3 Å². The first-order valence-electron chi connectivity index (χ1n) is 15.0. The molecule has 7 rings (SSSR count). The number of nitrogens with one attached hydrogen (secondary N) is 1.